The van der Waals surface area contributed by atoms with Gasteiger partial charge in [-0.15, -0.1) is 11.8 Å². The molecule has 164 valence electrons. The Hall–Kier alpha value is -3.69. The molecule has 7 nitrogen and oxygen atoms in total. The van der Waals surface area contributed by atoms with Crippen molar-refractivity contribution in [1.29, 1.82) is 0 Å². The molecule has 0 aliphatic carbocycles. The molecule has 0 radical (unpaired) electrons. The van der Waals surface area contributed by atoms with Crippen molar-refractivity contribution in [3.8, 4) is 11.5 Å². The number of rotatable bonds is 7. The van der Waals surface area contributed by atoms with E-state index in [0.717, 1.165) is 20.9 Å². The number of fused-ring (bicyclic) bond motifs is 1. The third kappa shape index (κ3) is 5.05. The fourth-order valence-electron chi connectivity index (χ4n) is 3.13. The molecular formula is C24H18N4O3S2. The summed E-state index contributed by atoms with van der Waals surface area (Å²) in [5.41, 5.74) is 1.36. The first kappa shape index (κ1) is 21.2. The van der Waals surface area contributed by atoms with E-state index in [1.54, 1.807) is 13.0 Å². The predicted molar refractivity (Wildman–Crippen MR) is 129 cm³/mol. The first-order valence-corrected chi connectivity index (χ1v) is 11.9. The highest BCUT2D eigenvalue weighted by atomic mass is 32.2. The van der Waals surface area contributed by atoms with Crippen molar-refractivity contribution >= 4 is 44.4 Å². The monoisotopic (exact) mass is 474 g/mol. The summed E-state index contributed by atoms with van der Waals surface area (Å²) in [5.74, 6) is 2.88. The minimum atomic E-state index is -0.220. The molecule has 3 aromatic carbocycles. The predicted octanol–water partition coefficient (Wildman–Crippen LogP) is 6.32. The lowest BCUT2D eigenvalue weighted by Gasteiger charge is -2.07. The van der Waals surface area contributed by atoms with Crippen molar-refractivity contribution in [2.24, 2.45) is 0 Å². The van der Waals surface area contributed by atoms with Crippen LogP contribution in [-0.2, 0) is 5.75 Å². The van der Waals surface area contributed by atoms with Gasteiger partial charge in [-0.2, -0.15) is 4.98 Å². The second-order valence-electron chi connectivity index (χ2n) is 7.03. The second-order valence-corrected chi connectivity index (χ2v) is 9.08. The van der Waals surface area contributed by atoms with Crippen molar-refractivity contribution in [2.75, 3.05) is 5.32 Å². The van der Waals surface area contributed by atoms with Crippen molar-refractivity contribution in [3.05, 3.63) is 90.1 Å². The van der Waals surface area contributed by atoms with E-state index >= 15 is 0 Å². The SMILES string of the molecule is Cc1nc(CSc2ccccc2C(=O)Nc2nc3ccc(Oc4ccccc4)cc3s2)no1. The number of ether oxygens (including phenoxy) is 1. The molecule has 0 bridgehead atoms. The van der Waals surface area contributed by atoms with Gasteiger partial charge in [0.15, 0.2) is 11.0 Å². The molecule has 0 unspecified atom stereocenters. The number of aromatic nitrogens is 3. The highest BCUT2D eigenvalue weighted by molar-refractivity contribution is 7.98. The van der Waals surface area contributed by atoms with Crippen molar-refractivity contribution < 1.29 is 14.1 Å². The number of anilines is 1. The Balaban J connectivity index is 1.31. The lowest BCUT2D eigenvalue weighted by Crippen LogP contribution is -2.12. The van der Waals surface area contributed by atoms with E-state index in [1.807, 2.05) is 66.7 Å². The average molecular weight is 475 g/mol. The quantitative estimate of drug-likeness (QED) is 0.276. The molecule has 0 saturated heterocycles. The number of carbonyl (C=O) groups excluding carboxylic acids is 1. The lowest BCUT2D eigenvalue weighted by atomic mass is 10.2. The number of thiazole rings is 1. The number of para-hydroxylation sites is 1. The van der Waals surface area contributed by atoms with E-state index in [4.69, 9.17) is 9.26 Å². The molecule has 33 heavy (non-hydrogen) atoms. The number of carbonyl (C=O) groups is 1. The van der Waals surface area contributed by atoms with Gasteiger partial charge in [-0.25, -0.2) is 4.98 Å². The Morgan fingerprint density at radius 1 is 1.03 bits per heavy atom. The van der Waals surface area contributed by atoms with Crippen LogP contribution in [0.1, 0.15) is 22.1 Å². The van der Waals surface area contributed by atoms with E-state index in [9.17, 15) is 4.79 Å². The van der Waals surface area contributed by atoms with Crippen LogP contribution >= 0.6 is 23.1 Å². The van der Waals surface area contributed by atoms with Crippen LogP contribution in [0.25, 0.3) is 10.2 Å². The molecule has 0 fully saturated rings. The van der Waals surface area contributed by atoms with Crippen LogP contribution < -0.4 is 10.1 Å². The van der Waals surface area contributed by atoms with Gasteiger partial charge in [-0.1, -0.05) is 46.8 Å². The Morgan fingerprint density at radius 3 is 2.67 bits per heavy atom. The zero-order chi connectivity index (χ0) is 22.6. The molecule has 9 heteroatoms. The molecule has 0 atom stereocenters. The van der Waals surface area contributed by atoms with Crippen LogP contribution in [0.3, 0.4) is 0 Å². The molecule has 0 aliphatic heterocycles. The van der Waals surface area contributed by atoms with Gasteiger partial charge in [0.2, 0.25) is 5.89 Å². The smallest absolute Gasteiger partial charge is 0.258 e. The van der Waals surface area contributed by atoms with Crippen molar-refractivity contribution in [1.82, 2.24) is 15.1 Å². The summed E-state index contributed by atoms with van der Waals surface area (Å²) in [5, 5.41) is 7.36. The number of nitrogens with one attached hydrogen (secondary N) is 1. The van der Waals surface area contributed by atoms with E-state index < -0.39 is 0 Å². The summed E-state index contributed by atoms with van der Waals surface area (Å²) in [7, 11) is 0. The highest BCUT2D eigenvalue weighted by Crippen LogP contribution is 2.32. The number of hydrogen-bond acceptors (Lipinski definition) is 8. The summed E-state index contributed by atoms with van der Waals surface area (Å²) < 4.78 is 11.8. The molecule has 1 N–H and O–H groups in total. The summed E-state index contributed by atoms with van der Waals surface area (Å²) in [6, 6.07) is 22.7. The van der Waals surface area contributed by atoms with Gasteiger partial charge in [0.1, 0.15) is 11.5 Å². The van der Waals surface area contributed by atoms with Gasteiger partial charge < -0.3 is 9.26 Å². The summed E-state index contributed by atoms with van der Waals surface area (Å²) in [6.45, 7) is 1.75. The van der Waals surface area contributed by atoms with Gasteiger partial charge in [0.25, 0.3) is 5.91 Å². The largest absolute Gasteiger partial charge is 0.457 e. The first-order chi connectivity index (χ1) is 16.1. The second kappa shape index (κ2) is 9.43. The van der Waals surface area contributed by atoms with Crippen LogP contribution in [-0.4, -0.2) is 21.0 Å². The topological polar surface area (TPSA) is 90.1 Å². The summed E-state index contributed by atoms with van der Waals surface area (Å²) in [6.07, 6.45) is 0. The number of hydrogen-bond donors (Lipinski definition) is 1. The molecular weight excluding hydrogens is 456 g/mol. The Morgan fingerprint density at radius 2 is 1.85 bits per heavy atom. The lowest BCUT2D eigenvalue weighted by molar-refractivity contribution is 0.102. The number of aryl methyl sites for hydroxylation is 1. The Labute approximate surface area is 197 Å². The van der Waals surface area contributed by atoms with Crippen molar-refractivity contribution in [3.63, 3.8) is 0 Å². The molecule has 2 heterocycles. The molecule has 5 rings (SSSR count). The van der Waals surface area contributed by atoms with Gasteiger partial charge in [0, 0.05) is 17.9 Å². The van der Waals surface area contributed by atoms with Crippen LogP contribution in [0.15, 0.2) is 82.2 Å². The zero-order valence-electron chi connectivity index (χ0n) is 17.5. The van der Waals surface area contributed by atoms with Crippen molar-refractivity contribution in [2.45, 2.75) is 17.6 Å². The fraction of sp³-hybridized carbons (Fsp3) is 0.0833. The van der Waals surface area contributed by atoms with E-state index in [2.05, 4.69) is 20.4 Å². The number of thioether (sulfide) groups is 1. The molecule has 5 aromatic rings. The minimum absolute atomic E-state index is 0.220. The fourth-order valence-corrected chi connectivity index (χ4v) is 4.92. The number of amides is 1. The van der Waals surface area contributed by atoms with Gasteiger partial charge in [-0.05, 0) is 36.4 Å². The standard InChI is InChI=1S/C24H18N4O3S2/c1-15-25-22(28-31-15)14-32-20-10-6-5-9-18(20)23(29)27-24-26-19-12-11-17(13-21(19)33-24)30-16-7-3-2-4-8-16/h2-13H,14H2,1H3,(H,26,27,29). The number of nitrogens with zero attached hydrogens (tertiary/aromatic N) is 3. The van der Waals surface area contributed by atoms with Gasteiger partial charge in [0.05, 0.1) is 21.5 Å². The molecule has 0 saturated carbocycles. The van der Waals surface area contributed by atoms with E-state index in [-0.39, 0.29) is 5.91 Å². The van der Waals surface area contributed by atoms with E-state index in [0.29, 0.717) is 33.9 Å². The van der Waals surface area contributed by atoms with Gasteiger partial charge in [-0.3, -0.25) is 10.1 Å². The minimum Gasteiger partial charge on any atom is -0.457 e. The van der Waals surface area contributed by atoms with E-state index in [1.165, 1.54) is 23.1 Å². The summed E-state index contributed by atoms with van der Waals surface area (Å²) in [4.78, 5) is 22.6. The molecule has 0 spiro atoms. The van der Waals surface area contributed by atoms with Crippen LogP contribution in [0.2, 0.25) is 0 Å². The van der Waals surface area contributed by atoms with Crippen LogP contribution in [0.4, 0.5) is 5.13 Å². The third-order valence-corrected chi connectivity index (χ3v) is 6.62. The average Bonchev–Trinajstić information content (AvgIpc) is 3.43. The molecule has 2 aromatic heterocycles. The van der Waals surface area contributed by atoms with Crippen LogP contribution in [0, 0.1) is 6.92 Å². The van der Waals surface area contributed by atoms with Gasteiger partial charge >= 0.3 is 0 Å². The molecule has 0 aliphatic rings. The summed E-state index contributed by atoms with van der Waals surface area (Å²) >= 11 is 2.88. The third-order valence-electron chi connectivity index (χ3n) is 4.62. The molecule has 1 amide bonds. The maximum Gasteiger partial charge on any atom is 0.258 e. The normalized spacial score (nSPS) is 10.9. The number of benzene rings is 3. The maximum absolute atomic E-state index is 13.0. The maximum atomic E-state index is 13.0. The first-order valence-electron chi connectivity index (χ1n) is 10.1. The zero-order valence-corrected chi connectivity index (χ0v) is 19.2. The Bertz CT molecular complexity index is 1420. The highest BCUT2D eigenvalue weighted by Gasteiger charge is 2.15. The Kier molecular flexibility index (Phi) is 6.05. The van der Waals surface area contributed by atoms with Crippen LogP contribution in [0.5, 0.6) is 11.5 Å².